The first-order chi connectivity index (χ1) is 25.1. The second kappa shape index (κ2) is 18.2. The van der Waals surface area contributed by atoms with E-state index in [1.807, 2.05) is 18.2 Å². The number of nitrogens with zero attached hydrogens (tertiary/aromatic N) is 3. The van der Waals surface area contributed by atoms with Crippen LogP contribution in [0.1, 0.15) is 39.2 Å². The fourth-order valence-electron chi connectivity index (χ4n) is 5.05. The summed E-state index contributed by atoms with van der Waals surface area (Å²) in [5.41, 5.74) is 1.90. The van der Waals surface area contributed by atoms with E-state index in [9.17, 15) is 24.0 Å². The summed E-state index contributed by atoms with van der Waals surface area (Å²) in [6.45, 7) is 5.85. The van der Waals surface area contributed by atoms with Crippen LogP contribution in [0.2, 0.25) is 0 Å². The third-order valence-corrected chi connectivity index (χ3v) is 8.49. The van der Waals surface area contributed by atoms with Crippen molar-refractivity contribution in [2.24, 2.45) is 0 Å². The van der Waals surface area contributed by atoms with Gasteiger partial charge in [0.25, 0.3) is 5.91 Å². The average molecular weight is 787 g/mol. The van der Waals surface area contributed by atoms with E-state index in [4.69, 9.17) is 9.47 Å². The van der Waals surface area contributed by atoms with Crippen LogP contribution in [0.5, 0.6) is 5.75 Å². The Kier molecular flexibility index (Phi) is 13.8. The zero-order valence-corrected chi connectivity index (χ0v) is 32.2. The quantitative estimate of drug-likeness (QED) is 0.143. The first-order valence-corrected chi connectivity index (χ1v) is 17.7. The number of para-hydroxylation sites is 3. The summed E-state index contributed by atoms with van der Waals surface area (Å²) in [4.78, 5) is 70.3. The first kappa shape index (κ1) is 40.1. The van der Waals surface area contributed by atoms with E-state index in [0.717, 1.165) is 4.47 Å². The van der Waals surface area contributed by atoms with Gasteiger partial charge in [-0.05, 0) is 87.9 Å². The number of esters is 1. The van der Waals surface area contributed by atoms with Gasteiger partial charge in [-0.15, -0.1) is 0 Å². The zero-order valence-electron chi connectivity index (χ0n) is 30.6. The van der Waals surface area contributed by atoms with Crippen molar-refractivity contribution in [1.82, 2.24) is 5.32 Å². The maximum absolute atomic E-state index is 13.9. The molecule has 4 aromatic carbocycles. The molecule has 1 unspecified atom stereocenters. The molecule has 0 saturated heterocycles. The molecule has 0 aliphatic carbocycles. The highest BCUT2D eigenvalue weighted by Crippen LogP contribution is 2.29. The van der Waals surface area contributed by atoms with Crippen molar-refractivity contribution in [1.29, 1.82) is 0 Å². The summed E-state index contributed by atoms with van der Waals surface area (Å²) in [7, 11) is 3.23. The second-order valence-corrected chi connectivity index (χ2v) is 14.1. The number of carbonyl (C=O) groups excluding carboxylic acids is 5. The van der Waals surface area contributed by atoms with E-state index in [1.165, 1.54) is 14.7 Å². The van der Waals surface area contributed by atoms with Crippen molar-refractivity contribution < 1.29 is 33.4 Å². The Morgan fingerprint density at radius 3 is 2.09 bits per heavy atom. The molecular formula is C40H44BrN5O7. The molecule has 1 atom stereocenters. The Morgan fingerprint density at radius 2 is 1.40 bits per heavy atom. The molecule has 4 rings (SSSR count). The van der Waals surface area contributed by atoms with Crippen LogP contribution in [-0.4, -0.2) is 69.1 Å². The molecule has 0 aromatic heterocycles. The lowest BCUT2D eigenvalue weighted by Gasteiger charge is -2.27. The number of amides is 5. The van der Waals surface area contributed by atoms with Crippen LogP contribution in [0, 0.1) is 0 Å². The van der Waals surface area contributed by atoms with Crippen molar-refractivity contribution >= 4 is 68.4 Å². The molecule has 5 amide bonds. The van der Waals surface area contributed by atoms with Crippen molar-refractivity contribution in [3.8, 4) is 5.75 Å². The molecule has 0 heterocycles. The minimum atomic E-state index is -0.682. The summed E-state index contributed by atoms with van der Waals surface area (Å²) >= 11 is 3.41. The standard InChI is InChI=1S/C40H44BrN5O7/c1-27(38(50)53-40(2,3)4)28-14-12-16-30(22-28)43-39(51)42-24-35(47)46(25-36(48)44(5)31-17-8-7-9-18-31)33-20-10-11-21-34(33)52-26-37(49)45(6)32-19-13-15-29(41)23-32/h7-23,27H,24-26H2,1-6H3,(H2,42,43,51). The summed E-state index contributed by atoms with van der Waals surface area (Å²) < 4.78 is 12.3. The van der Waals surface area contributed by atoms with Crippen molar-refractivity contribution in [2.75, 3.05) is 53.8 Å². The fraction of sp³-hybridized carbons (Fsp3) is 0.275. The molecule has 12 nitrogen and oxygen atoms in total. The Bertz CT molecular complexity index is 1930. The van der Waals surface area contributed by atoms with Gasteiger partial charge in [0, 0.05) is 35.6 Å². The van der Waals surface area contributed by atoms with Gasteiger partial charge in [0.05, 0.1) is 18.2 Å². The van der Waals surface area contributed by atoms with E-state index in [2.05, 4.69) is 26.6 Å². The molecule has 0 bridgehead atoms. The van der Waals surface area contributed by atoms with Crippen LogP contribution in [-0.2, 0) is 23.9 Å². The summed E-state index contributed by atoms with van der Waals surface area (Å²) in [5.74, 6) is -2.17. The summed E-state index contributed by atoms with van der Waals surface area (Å²) in [5, 5.41) is 5.25. The molecule has 0 spiro atoms. The van der Waals surface area contributed by atoms with Crippen molar-refractivity contribution in [2.45, 2.75) is 39.2 Å². The molecule has 0 aliphatic heterocycles. The number of nitrogens with one attached hydrogen (secondary N) is 2. The molecule has 278 valence electrons. The first-order valence-electron chi connectivity index (χ1n) is 16.9. The number of carbonyl (C=O) groups is 5. The SMILES string of the molecule is CC(C(=O)OC(C)(C)C)c1cccc(NC(=O)NCC(=O)N(CC(=O)N(C)c2ccccc2)c2ccccc2OCC(=O)N(C)c2cccc(Br)c2)c1. The monoisotopic (exact) mass is 785 g/mol. The minimum absolute atomic E-state index is 0.187. The zero-order chi connectivity index (χ0) is 38.7. The molecule has 4 aromatic rings. The topological polar surface area (TPSA) is 138 Å². The maximum Gasteiger partial charge on any atom is 0.319 e. The third kappa shape index (κ3) is 11.7. The number of hydrogen-bond donors (Lipinski definition) is 2. The highest BCUT2D eigenvalue weighted by molar-refractivity contribution is 9.10. The average Bonchev–Trinajstić information content (AvgIpc) is 3.14. The highest BCUT2D eigenvalue weighted by atomic mass is 79.9. The van der Waals surface area contributed by atoms with Gasteiger partial charge in [-0.1, -0.05) is 64.5 Å². The molecule has 0 saturated carbocycles. The Hall–Kier alpha value is -5.69. The van der Waals surface area contributed by atoms with Gasteiger partial charge < -0.3 is 29.9 Å². The van der Waals surface area contributed by atoms with E-state index in [0.29, 0.717) is 22.6 Å². The van der Waals surface area contributed by atoms with Gasteiger partial charge in [-0.3, -0.25) is 24.1 Å². The molecule has 2 N–H and O–H groups in total. The fourth-order valence-corrected chi connectivity index (χ4v) is 5.44. The van der Waals surface area contributed by atoms with Crippen molar-refractivity contribution in [3.05, 3.63) is 113 Å². The maximum atomic E-state index is 13.9. The molecule has 13 heteroatoms. The van der Waals surface area contributed by atoms with E-state index < -0.39 is 48.4 Å². The van der Waals surface area contributed by atoms with Crippen LogP contribution < -0.4 is 30.1 Å². The smallest absolute Gasteiger partial charge is 0.319 e. The number of likely N-dealkylation sites (N-methyl/N-ethyl adjacent to an activating group) is 2. The molecule has 0 fully saturated rings. The number of halogens is 1. The van der Waals surface area contributed by atoms with Gasteiger partial charge in [-0.25, -0.2) is 4.79 Å². The second-order valence-electron chi connectivity index (χ2n) is 13.1. The van der Waals surface area contributed by atoms with Crippen LogP contribution in [0.4, 0.5) is 27.5 Å². The van der Waals surface area contributed by atoms with Gasteiger partial charge in [0.15, 0.2) is 6.61 Å². The number of ether oxygens (including phenoxy) is 2. The van der Waals surface area contributed by atoms with E-state index >= 15 is 0 Å². The van der Waals surface area contributed by atoms with Crippen LogP contribution >= 0.6 is 15.9 Å². The number of urea groups is 1. The summed E-state index contributed by atoms with van der Waals surface area (Å²) in [6.07, 6.45) is 0. The van der Waals surface area contributed by atoms with E-state index in [1.54, 1.807) is 127 Å². The van der Waals surface area contributed by atoms with Crippen LogP contribution in [0.25, 0.3) is 0 Å². The number of anilines is 4. The van der Waals surface area contributed by atoms with Crippen LogP contribution in [0.15, 0.2) is 108 Å². The normalized spacial score (nSPS) is 11.5. The lowest BCUT2D eigenvalue weighted by atomic mass is 10.0. The largest absolute Gasteiger partial charge is 0.482 e. The third-order valence-electron chi connectivity index (χ3n) is 7.99. The Balaban J connectivity index is 1.50. The minimum Gasteiger partial charge on any atom is -0.482 e. The molecule has 53 heavy (non-hydrogen) atoms. The number of benzene rings is 4. The number of rotatable bonds is 13. The van der Waals surface area contributed by atoms with Gasteiger partial charge >= 0.3 is 12.0 Å². The van der Waals surface area contributed by atoms with Gasteiger partial charge in [0.2, 0.25) is 11.8 Å². The molecule has 0 aliphatic rings. The predicted octanol–water partition coefficient (Wildman–Crippen LogP) is 6.75. The predicted molar refractivity (Wildman–Crippen MR) is 209 cm³/mol. The Labute approximate surface area is 318 Å². The Morgan fingerprint density at radius 1 is 0.755 bits per heavy atom. The molecular weight excluding hydrogens is 742 g/mol. The van der Waals surface area contributed by atoms with Crippen LogP contribution in [0.3, 0.4) is 0 Å². The molecule has 0 radical (unpaired) electrons. The number of hydrogen-bond acceptors (Lipinski definition) is 7. The lowest BCUT2D eigenvalue weighted by Crippen LogP contribution is -2.46. The van der Waals surface area contributed by atoms with Gasteiger partial charge in [-0.2, -0.15) is 0 Å². The highest BCUT2D eigenvalue weighted by Gasteiger charge is 2.26. The summed E-state index contributed by atoms with van der Waals surface area (Å²) in [6, 6.07) is 28.8. The lowest BCUT2D eigenvalue weighted by molar-refractivity contribution is -0.156. The van der Waals surface area contributed by atoms with E-state index in [-0.39, 0.29) is 24.0 Å². The van der Waals surface area contributed by atoms with Gasteiger partial charge in [0.1, 0.15) is 17.9 Å². The van der Waals surface area contributed by atoms with Crippen molar-refractivity contribution in [3.63, 3.8) is 0 Å².